The van der Waals surface area contributed by atoms with Gasteiger partial charge in [-0.3, -0.25) is 0 Å². The highest BCUT2D eigenvalue weighted by Crippen LogP contribution is 2.31. The summed E-state index contributed by atoms with van der Waals surface area (Å²) in [6.45, 7) is 12.1. The summed E-state index contributed by atoms with van der Waals surface area (Å²) in [5.41, 5.74) is 2.61. The normalized spacial score (nSPS) is 11.7. The number of nitrogens with one attached hydrogen (secondary N) is 1. The molecule has 20 heavy (non-hydrogen) atoms. The first-order valence-electron chi connectivity index (χ1n) is 7.38. The van der Waals surface area contributed by atoms with Crippen LogP contribution >= 0.6 is 0 Å². The fourth-order valence-electron chi connectivity index (χ4n) is 2.07. The summed E-state index contributed by atoms with van der Waals surface area (Å²) in [5.74, 6) is 1.01. The van der Waals surface area contributed by atoms with Gasteiger partial charge < -0.3 is 14.8 Å². The monoisotopic (exact) mass is 279 g/mol. The summed E-state index contributed by atoms with van der Waals surface area (Å²) >= 11 is 0. The van der Waals surface area contributed by atoms with Gasteiger partial charge in [0.05, 0.1) is 0 Å². The van der Waals surface area contributed by atoms with Crippen molar-refractivity contribution in [2.45, 2.75) is 39.5 Å². The molecule has 1 aromatic carbocycles. The molecular weight excluding hydrogens is 250 g/mol. The molecule has 0 atom stereocenters. The molecular formula is C17H29NO2. The van der Waals surface area contributed by atoms with Crippen molar-refractivity contribution in [1.82, 2.24) is 5.32 Å². The van der Waals surface area contributed by atoms with Crippen LogP contribution < -0.4 is 10.1 Å². The van der Waals surface area contributed by atoms with Gasteiger partial charge >= 0.3 is 0 Å². The lowest BCUT2D eigenvalue weighted by atomic mass is 9.86. The van der Waals surface area contributed by atoms with Crippen molar-refractivity contribution in [3.05, 3.63) is 29.3 Å². The topological polar surface area (TPSA) is 30.5 Å². The highest BCUT2D eigenvalue weighted by atomic mass is 16.5. The Labute approximate surface area is 123 Å². The Morgan fingerprint density at radius 2 is 1.85 bits per heavy atom. The Morgan fingerprint density at radius 1 is 1.10 bits per heavy atom. The average Bonchev–Trinajstić information content (AvgIpc) is 2.36. The standard InChI is InChI=1S/C17H29NO2/c1-14-7-8-15(17(2,3)4)16(13-14)20-12-10-18-9-6-11-19-5/h7-8,13,18H,6,9-12H2,1-5H3. The lowest BCUT2D eigenvalue weighted by molar-refractivity contribution is 0.193. The van der Waals surface area contributed by atoms with Crippen molar-refractivity contribution < 1.29 is 9.47 Å². The van der Waals surface area contributed by atoms with Crippen LogP contribution in [0, 0.1) is 6.92 Å². The van der Waals surface area contributed by atoms with Crippen LogP contribution in [-0.2, 0) is 10.2 Å². The largest absolute Gasteiger partial charge is 0.492 e. The molecule has 0 aliphatic heterocycles. The van der Waals surface area contributed by atoms with Crippen molar-refractivity contribution in [2.24, 2.45) is 0 Å². The molecule has 0 bridgehead atoms. The van der Waals surface area contributed by atoms with E-state index in [1.807, 2.05) is 0 Å². The van der Waals surface area contributed by atoms with Gasteiger partial charge in [-0.05, 0) is 42.5 Å². The van der Waals surface area contributed by atoms with Crippen LogP contribution in [0.5, 0.6) is 5.75 Å². The van der Waals surface area contributed by atoms with Crippen LogP contribution in [0.4, 0.5) is 0 Å². The van der Waals surface area contributed by atoms with Gasteiger partial charge in [0.1, 0.15) is 12.4 Å². The zero-order valence-corrected chi connectivity index (χ0v) is 13.6. The molecule has 0 saturated heterocycles. The minimum atomic E-state index is 0.106. The minimum absolute atomic E-state index is 0.106. The maximum Gasteiger partial charge on any atom is 0.123 e. The van der Waals surface area contributed by atoms with E-state index in [-0.39, 0.29) is 5.41 Å². The van der Waals surface area contributed by atoms with E-state index < -0.39 is 0 Å². The molecule has 3 nitrogen and oxygen atoms in total. The number of ether oxygens (including phenoxy) is 2. The van der Waals surface area contributed by atoms with Crippen molar-refractivity contribution in [1.29, 1.82) is 0 Å². The van der Waals surface area contributed by atoms with E-state index in [9.17, 15) is 0 Å². The van der Waals surface area contributed by atoms with Crippen molar-refractivity contribution in [3.8, 4) is 5.75 Å². The molecule has 114 valence electrons. The van der Waals surface area contributed by atoms with Crippen LogP contribution in [-0.4, -0.2) is 33.4 Å². The Bertz CT molecular complexity index is 396. The molecule has 3 heteroatoms. The predicted octanol–water partition coefficient (Wildman–Crippen LogP) is 3.30. The molecule has 1 N–H and O–H groups in total. The Hall–Kier alpha value is -1.06. The summed E-state index contributed by atoms with van der Waals surface area (Å²) < 4.78 is 11.0. The number of hydrogen-bond donors (Lipinski definition) is 1. The molecule has 0 saturated carbocycles. The van der Waals surface area contributed by atoms with Gasteiger partial charge in [0.15, 0.2) is 0 Å². The maximum absolute atomic E-state index is 5.96. The lowest BCUT2D eigenvalue weighted by Crippen LogP contribution is -2.23. The zero-order valence-electron chi connectivity index (χ0n) is 13.6. The van der Waals surface area contributed by atoms with E-state index in [0.717, 1.165) is 31.9 Å². The summed E-state index contributed by atoms with van der Waals surface area (Å²) in [7, 11) is 1.73. The van der Waals surface area contributed by atoms with Crippen LogP contribution in [0.1, 0.15) is 38.3 Å². The molecule has 1 aromatic rings. The third-order valence-electron chi connectivity index (χ3n) is 3.18. The second-order valence-corrected chi connectivity index (χ2v) is 6.19. The van der Waals surface area contributed by atoms with E-state index in [2.05, 4.69) is 51.2 Å². The van der Waals surface area contributed by atoms with E-state index in [1.54, 1.807) is 7.11 Å². The molecule has 0 radical (unpaired) electrons. The zero-order chi connectivity index (χ0) is 15.0. The molecule has 0 heterocycles. The third kappa shape index (κ3) is 5.93. The first-order valence-corrected chi connectivity index (χ1v) is 7.38. The molecule has 0 aliphatic rings. The van der Waals surface area contributed by atoms with E-state index in [0.29, 0.717) is 6.61 Å². The molecule has 0 unspecified atom stereocenters. The second kappa shape index (κ2) is 8.28. The predicted molar refractivity (Wildman–Crippen MR) is 84.7 cm³/mol. The fraction of sp³-hybridized carbons (Fsp3) is 0.647. The van der Waals surface area contributed by atoms with Gasteiger partial charge in [0, 0.05) is 20.3 Å². The molecule has 0 amide bonds. The van der Waals surface area contributed by atoms with Gasteiger partial charge in [-0.2, -0.15) is 0 Å². The first kappa shape index (κ1) is 17.0. The first-order chi connectivity index (χ1) is 9.45. The number of aryl methyl sites for hydroxylation is 1. The highest BCUT2D eigenvalue weighted by Gasteiger charge is 2.18. The maximum atomic E-state index is 5.96. The number of benzene rings is 1. The average molecular weight is 279 g/mol. The molecule has 0 aliphatic carbocycles. The number of rotatable bonds is 8. The van der Waals surface area contributed by atoms with Gasteiger partial charge in [-0.1, -0.05) is 32.9 Å². The quantitative estimate of drug-likeness (QED) is 0.741. The number of hydrogen-bond acceptors (Lipinski definition) is 3. The summed E-state index contributed by atoms with van der Waals surface area (Å²) in [6.07, 6.45) is 1.04. The van der Waals surface area contributed by atoms with Crippen molar-refractivity contribution >= 4 is 0 Å². The van der Waals surface area contributed by atoms with E-state index in [4.69, 9.17) is 9.47 Å². The highest BCUT2D eigenvalue weighted by molar-refractivity contribution is 5.41. The lowest BCUT2D eigenvalue weighted by Gasteiger charge is -2.23. The SMILES string of the molecule is COCCCNCCOc1cc(C)ccc1C(C)(C)C. The summed E-state index contributed by atoms with van der Waals surface area (Å²) in [6, 6.07) is 6.46. The minimum Gasteiger partial charge on any atom is -0.492 e. The third-order valence-corrected chi connectivity index (χ3v) is 3.18. The molecule has 0 fully saturated rings. The Balaban J connectivity index is 2.45. The van der Waals surface area contributed by atoms with Crippen molar-refractivity contribution in [3.63, 3.8) is 0 Å². The smallest absolute Gasteiger partial charge is 0.123 e. The van der Waals surface area contributed by atoms with Gasteiger partial charge in [-0.15, -0.1) is 0 Å². The van der Waals surface area contributed by atoms with Crippen LogP contribution in [0.15, 0.2) is 18.2 Å². The van der Waals surface area contributed by atoms with Crippen molar-refractivity contribution in [2.75, 3.05) is 33.4 Å². The molecule has 1 rings (SSSR count). The van der Waals surface area contributed by atoms with E-state index in [1.165, 1.54) is 11.1 Å². The van der Waals surface area contributed by atoms with Gasteiger partial charge in [-0.25, -0.2) is 0 Å². The summed E-state index contributed by atoms with van der Waals surface area (Å²) in [4.78, 5) is 0. The van der Waals surface area contributed by atoms with Gasteiger partial charge in [0.2, 0.25) is 0 Å². The molecule has 0 aromatic heterocycles. The Kier molecular flexibility index (Phi) is 7.03. The molecule has 0 spiro atoms. The van der Waals surface area contributed by atoms with Crippen LogP contribution in [0.25, 0.3) is 0 Å². The van der Waals surface area contributed by atoms with Crippen LogP contribution in [0.3, 0.4) is 0 Å². The fourth-order valence-corrected chi connectivity index (χ4v) is 2.07. The number of methoxy groups -OCH3 is 1. The Morgan fingerprint density at radius 3 is 2.50 bits per heavy atom. The second-order valence-electron chi connectivity index (χ2n) is 6.19. The summed E-state index contributed by atoms with van der Waals surface area (Å²) in [5, 5.41) is 3.36. The van der Waals surface area contributed by atoms with Gasteiger partial charge in [0.25, 0.3) is 0 Å². The van der Waals surface area contributed by atoms with E-state index >= 15 is 0 Å². The van der Waals surface area contributed by atoms with Crippen LogP contribution in [0.2, 0.25) is 0 Å².